The zero-order valence-electron chi connectivity index (χ0n) is 11.1. The molecule has 1 N–H and O–H groups in total. The minimum Gasteiger partial charge on any atom is -0.508 e. The van der Waals surface area contributed by atoms with Gasteiger partial charge in [-0.2, -0.15) is 0 Å². The van der Waals surface area contributed by atoms with E-state index in [2.05, 4.69) is 0 Å². The molecule has 0 unspecified atom stereocenters. The Hall–Kier alpha value is -2.29. The van der Waals surface area contributed by atoms with Crippen molar-refractivity contribution in [2.45, 2.75) is 13.8 Å². The first-order valence-electron chi connectivity index (χ1n) is 6.29. The van der Waals surface area contributed by atoms with E-state index in [1.54, 1.807) is 23.1 Å². The summed E-state index contributed by atoms with van der Waals surface area (Å²) in [5.74, 6) is -0.00642. The summed E-state index contributed by atoms with van der Waals surface area (Å²) in [4.78, 5) is 14.1. The molecule has 0 atom stereocenters. The van der Waals surface area contributed by atoms with Crippen LogP contribution in [0, 0.1) is 6.92 Å². The molecule has 0 bridgehead atoms. The predicted molar refractivity (Wildman–Crippen MR) is 76.6 cm³/mol. The fraction of sp³-hybridized carbons (Fsp3) is 0.188. The van der Waals surface area contributed by atoms with Crippen LogP contribution in [-0.2, 0) is 0 Å². The summed E-state index contributed by atoms with van der Waals surface area (Å²) in [6.45, 7) is 4.52. The summed E-state index contributed by atoms with van der Waals surface area (Å²) < 4.78 is 0. The highest BCUT2D eigenvalue weighted by Crippen LogP contribution is 2.19. The Balaban J connectivity index is 2.31. The van der Waals surface area contributed by atoms with Gasteiger partial charge in [0.25, 0.3) is 5.91 Å². The molecule has 0 aliphatic rings. The smallest absolute Gasteiger partial charge is 0.258 e. The maximum absolute atomic E-state index is 12.4. The molecule has 0 saturated carbocycles. The molecule has 0 spiro atoms. The minimum atomic E-state index is -0.109. The van der Waals surface area contributed by atoms with Crippen LogP contribution in [0.1, 0.15) is 22.8 Å². The number of amides is 1. The lowest BCUT2D eigenvalue weighted by Crippen LogP contribution is -2.30. The Morgan fingerprint density at radius 2 is 1.84 bits per heavy atom. The zero-order valence-corrected chi connectivity index (χ0v) is 11.1. The van der Waals surface area contributed by atoms with E-state index in [1.165, 1.54) is 6.07 Å². The van der Waals surface area contributed by atoms with Gasteiger partial charge < -0.3 is 10.0 Å². The number of hydrogen-bond donors (Lipinski definition) is 1. The highest BCUT2D eigenvalue weighted by atomic mass is 16.3. The summed E-state index contributed by atoms with van der Waals surface area (Å²) in [6, 6.07) is 14.2. The molecule has 0 aliphatic carbocycles. The van der Waals surface area contributed by atoms with Crippen LogP contribution in [-0.4, -0.2) is 17.6 Å². The highest BCUT2D eigenvalue weighted by molar-refractivity contribution is 6.06. The minimum absolute atomic E-state index is 0.103. The van der Waals surface area contributed by atoms with Crippen LogP contribution in [0.4, 0.5) is 5.69 Å². The van der Waals surface area contributed by atoms with E-state index >= 15 is 0 Å². The van der Waals surface area contributed by atoms with E-state index in [9.17, 15) is 9.90 Å². The molecule has 3 nitrogen and oxygen atoms in total. The molecular formula is C16H17NO2. The topological polar surface area (TPSA) is 40.5 Å². The van der Waals surface area contributed by atoms with Gasteiger partial charge in [-0.25, -0.2) is 0 Å². The lowest BCUT2D eigenvalue weighted by atomic mass is 10.1. The van der Waals surface area contributed by atoms with Crippen molar-refractivity contribution in [1.29, 1.82) is 0 Å². The largest absolute Gasteiger partial charge is 0.508 e. The molecule has 0 aromatic heterocycles. The van der Waals surface area contributed by atoms with Crippen molar-refractivity contribution in [3.8, 4) is 5.75 Å². The molecule has 2 rings (SSSR count). The Kier molecular flexibility index (Phi) is 3.85. The third-order valence-corrected chi connectivity index (χ3v) is 3.00. The Morgan fingerprint density at radius 3 is 2.42 bits per heavy atom. The van der Waals surface area contributed by atoms with Crippen molar-refractivity contribution in [2.75, 3.05) is 11.4 Å². The summed E-state index contributed by atoms with van der Waals surface area (Å²) >= 11 is 0. The second-order valence-electron chi connectivity index (χ2n) is 4.44. The molecule has 2 aromatic carbocycles. The fourth-order valence-electron chi connectivity index (χ4n) is 1.96. The first-order chi connectivity index (χ1) is 9.11. The van der Waals surface area contributed by atoms with Crippen molar-refractivity contribution in [2.24, 2.45) is 0 Å². The number of anilines is 1. The molecule has 0 radical (unpaired) electrons. The third-order valence-electron chi connectivity index (χ3n) is 3.00. The average Bonchev–Trinajstić information content (AvgIpc) is 2.41. The number of benzene rings is 2. The van der Waals surface area contributed by atoms with Gasteiger partial charge in [0.2, 0.25) is 0 Å². The number of phenolic OH excluding ortho intramolecular Hbond substituents is 1. The Morgan fingerprint density at radius 1 is 1.16 bits per heavy atom. The average molecular weight is 255 g/mol. The van der Waals surface area contributed by atoms with E-state index in [0.717, 1.165) is 11.3 Å². The van der Waals surface area contributed by atoms with Crippen LogP contribution in [0.15, 0.2) is 48.5 Å². The first kappa shape index (κ1) is 13.1. The maximum Gasteiger partial charge on any atom is 0.258 e. The predicted octanol–water partition coefficient (Wildman–Crippen LogP) is 3.37. The molecule has 0 aliphatic heterocycles. The molecule has 3 heteroatoms. The number of nitrogens with zero attached hydrogens (tertiary/aromatic N) is 1. The molecule has 98 valence electrons. The van der Waals surface area contributed by atoms with E-state index in [4.69, 9.17) is 0 Å². The second-order valence-corrected chi connectivity index (χ2v) is 4.44. The van der Waals surface area contributed by atoms with Gasteiger partial charge in [-0.15, -0.1) is 0 Å². The van der Waals surface area contributed by atoms with Gasteiger partial charge in [0, 0.05) is 17.8 Å². The quantitative estimate of drug-likeness (QED) is 0.913. The van der Waals surface area contributed by atoms with Crippen LogP contribution in [0.3, 0.4) is 0 Å². The second kappa shape index (κ2) is 5.57. The lowest BCUT2D eigenvalue weighted by molar-refractivity contribution is 0.0988. The first-order valence-corrected chi connectivity index (χ1v) is 6.29. The number of phenols is 1. The van der Waals surface area contributed by atoms with E-state index in [-0.39, 0.29) is 11.7 Å². The summed E-state index contributed by atoms with van der Waals surface area (Å²) in [7, 11) is 0. The standard InChI is InChI=1S/C16H17NO2/c1-3-17(14-9-7-12(2)8-10-14)16(19)13-5-4-6-15(18)11-13/h4-11,18H,3H2,1-2H3. The van der Waals surface area contributed by atoms with Gasteiger partial charge in [-0.05, 0) is 44.2 Å². The Bertz CT molecular complexity index is 576. The molecule has 1 amide bonds. The summed E-state index contributed by atoms with van der Waals surface area (Å²) in [5, 5.41) is 9.45. The SMILES string of the molecule is CCN(C(=O)c1cccc(O)c1)c1ccc(C)cc1. The molecule has 0 heterocycles. The normalized spacial score (nSPS) is 10.2. The number of aryl methyl sites for hydroxylation is 1. The van der Waals surface area contributed by atoms with Crippen molar-refractivity contribution in [3.63, 3.8) is 0 Å². The number of carbonyl (C=O) groups excluding carboxylic acids is 1. The van der Waals surface area contributed by atoms with Crippen molar-refractivity contribution >= 4 is 11.6 Å². The summed E-state index contributed by atoms with van der Waals surface area (Å²) in [6.07, 6.45) is 0. The van der Waals surface area contributed by atoms with Gasteiger partial charge in [0.05, 0.1) is 0 Å². The van der Waals surface area contributed by atoms with E-state index in [1.807, 2.05) is 38.1 Å². The van der Waals surface area contributed by atoms with E-state index < -0.39 is 0 Å². The summed E-state index contributed by atoms with van der Waals surface area (Å²) in [5.41, 5.74) is 2.51. The third kappa shape index (κ3) is 2.94. The number of rotatable bonds is 3. The van der Waals surface area contributed by atoms with Crippen molar-refractivity contribution in [1.82, 2.24) is 0 Å². The Labute approximate surface area is 113 Å². The maximum atomic E-state index is 12.4. The van der Waals surface area contributed by atoms with E-state index in [0.29, 0.717) is 12.1 Å². The van der Waals surface area contributed by atoms with Crippen LogP contribution in [0.25, 0.3) is 0 Å². The van der Waals surface area contributed by atoms with Crippen LogP contribution >= 0.6 is 0 Å². The highest BCUT2D eigenvalue weighted by Gasteiger charge is 2.16. The van der Waals surface area contributed by atoms with Gasteiger partial charge in [-0.3, -0.25) is 4.79 Å². The van der Waals surface area contributed by atoms with Gasteiger partial charge in [0.15, 0.2) is 0 Å². The van der Waals surface area contributed by atoms with Crippen LogP contribution in [0.2, 0.25) is 0 Å². The van der Waals surface area contributed by atoms with Gasteiger partial charge in [-0.1, -0.05) is 23.8 Å². The van der Waals surface area contributed by atoms with Crippen LogP contribution in [0.5, 0.6) is 5.75 Å². The zero-order chi connectivity index (χ0) is 13.8. The number of carbonyl (C=O) groups is 1. The molecule has 19 heavy (non-hydrogen) atoms. The molecular weight excluding hydrogens is 238 g/mol. The molecule has 0 fully saturated rings. The number of aromatic hydroxyl groups is 1. The molecule has 2 aromatic rings. The fourth-order valence-corrected chi connectivity index (χ4v) is 1.96. The van der Waals surface area contributed by atoms with Gasteiger partial charge in [0.1, 0.15) is 5.75 Å². The lowest BCUT2D eigenvalue weighted by Gasteiger charge is -2.21. The monoisotopic (exact) mass is 255 g/mol. The molecule has 0 saturated heterocycles. The van der Waals surface area contributed by atoms with Crippen molar-refractivity contribution in [3.05, 3.63) is 59.7 Å². The van der Waals surface area contributed by atoms with Gasteiger partial charge >= 0.3 is 0 Å². The van der Waals surface area contributed by atoms with Crippen LogP contribution < -0.4 is 4.90 Å². The number of hydrogen-bond acceptors (Lipinski definition) is 2. The van der Waals surface area contributed by atoms with Crippen molar-refractivity contribution < 1.29 is 9.90 Å².